The number of nitrogens with zero attached hydrogens (tertiary/aromatic N) is 2. The highest BCUT2D eigenvalue weighted by molar-refractivity contribution is 5.98. The zero-order valence-corrected chi connectivity index (χ0v) is 12.3. The fourth-order valence-corrected chi connectivity index (χ4v) is 2.49. The second kappa shape index (κ2) is 5.05. The predicted octanol–water partition coefficient (Wildman–Crippen LogP) is 3.50. The monoisotopic (exact) mass is 279 g/mol. The van der Waals surface area contributed by atoms with Gasteiger partial charge in [0.2, 0.25) is 0 Å². The van der Waals surface area contributed by atoms with Crippen molar-refractivity contribution in [2.24, 2.45) is 0 Å². The fourth-order valence-electron chi connectivity index (χ4n) is 2.49. The lowest BCUT2D eigenvalue weighted by Crippen LogP contribution is -1.98. The zero-order valence-electron chi connectivity index (χ0n) is 12.3. The average Bonchev–Trinajstić information content (AvgIpc) is 2.48. The lowest BCUT2D eigenvalue weighted by molar-refractivity contribution is 0.415. The third-order valence-electron chi connectivity index (χ3n) is 3.63. The molecule has 0 amide bonds. The molecule has 0 fully saturated rings. The highest BCUT2D eigenvalue weighted by Gasteiger charge is 2.12. The zero-order chi connectivity index (χ0) is 15.0. The number of benzene rings is 2. The Bertz CT molecular complexity index is 828. The van der Waals surface area contributed by atoms with Crippen molar-refractivity contribution in [3.63, 3.8) is 0 Å². The number of anilines is 1. The lowest BCUT2D eigenvalue weighted by atomic mass is 10.0. The highest BCUT2D eigenvalue weighted by atomic mass is 16.5. The first kappa shape index (κ1) is 13.4. The molecule has 0 aliphatic rings. The number of ether oxygens (including phenoxy) is 1. The van der Waals surface area contributed by atoms with E-state index in [9.17, 15) is 0 Å². The molecule has 0 unspecified atom stereocenters. The summed E-state index contributed by atoms with van der Waals surface area (Å²) in [5.74, 6) is 0.793. The minimum Gasteiger partial charge on any atom is -0.497 e. The Morgan fingerprint density at radius 1 is 0.952 bits per heavy atom. The highest BCUT2D eigenvalue weighted by Crippen LogP contribution is 2.33. The van der Waals surface area contributed by atoms with Gasteiger partial charge in [-0.05, 0) is 43.7 Å². The van der Waals surface area contributed by atoms with E-state index in [4.69, 9.17) is 10.5 Å². The van der Waals surface area contributed by atoms with Crippen LogP contribution in [0.1, 0.15) is 11.3 Å². The molecule has 21 heavy (non-hydrogen) atoms. The molecule has 4 nitrogen and oxygen atoms in total. The summed E-state index contributed by atoms with van der Waals surface area (Å²) in [6.45, 7) is 3.96. The topological polar surface area (TPSA) is 61.0 Å². The van der Waals surface area contributed by atoms with Crippen LogP contribution in [-0.2, 0) is 0 Å². The summed E-state index contributed by atoms with van der Waals surface area (Å²) >= 11 is 0. The summed E-state index contributed by atoms with van der Waals surface area (Å²) in [6.07, 6.45) is 0. The largest absolute Gasteiger partial charge is 0.497 e. The second-order valence-corrected chi connectivity index (χ2v) is 5.14. The fraction of sp³-hybridized carbons (Fsp3) is 0.176. The van der Waals surface area contributed by atoms with Crippen molar-refractivity contribution in [1.29, 1.82) is 0 Å². The van der Waals surface area contributed by atoms with Crippen molar-refractivity contribution in [2.45, 2.75) is 13.8 Å². The first-order valence-corrected chi connectivity index (χ1v) is 6.77. The van der Waals surface area contributed by atoms with E-state index >= 15 is 0 Å². The SMILES string of the molecule is COc1ccc2c(C)nnc(-c3ccc(C)cc3N)c2c1. The molecule has 3 rings (SSSR count). The number of rotatable bonds is 2. The molecule has 4 heteroatoms. The Morgan fingerprint density at radius 2 is 1.76 bits per heavy atom. The molecule has 0 spiro atoms. The van der Waals surface area contributed by atoms with Gasteiger partial charge in [0.05, 0.1) is 12.8 Å². The molecule has 0 atom stereocenters. The lowest BCUT2D eigenvalue weighted by Gasteiger charge is -2.11. The molecule has 1 aromatic heterocycles. The number of aryl methyl sites for hydroxylation is 2. The number of hydrogen-bond donors (Lipinski definition) is 1. The number of nitrogen functional groups attached to an aromatic ring is 1. The minimum atomic E-state index is 0.706. The van der Waals surface area contributed by atoms with Gasteiger partial charge in [0.25, 0.3) is 0 Å². The van der Waals surface area contributed by atoms with Gasteiger partial charge in [0.15, 0.2) is 0 Å². The second-order valence-electron chi connectivity index (χ2n) is 5.14. The van der Waals surface area contributed by atoms with Gasteiger partial charge < -0.3 is 10.5 Å². The number of methoxy groups -OCH3 is 1. The maximum Gasteiger partial charge on any atom is 0.119 e. The maximum atomic E-state index is 6.15. The summed E-state index contributed by atoms with van der Waals surface area (Å²) in [6, 6.07) is 11.9. The molecular formula is C17H17N3O. The van der Waals surface area contributed by atoms with Crippen molar-refractivity contribution in [3.8, 4) is 17.0 Å². The van der Waals surface area contributed by atoms with Crippen LogP contribution < -0.4 is 10.5 Å². The number of fused-ring (bicyclic) bond motifs is 1. The summed E-state index contributed by atoms with van der Waals surface area (Å²) in [5.41, 5.74) is 10.6. The van der Waals surface area contributed by atoms with E-state index in [1.807, 2.05) is 50.2 Å². The van der Waals surface area contributed by atoms with Gasteiger partial charge in [-0.2, -0.15) is 5.10 Å². The van der Waals surface area contributed by atoms with Gasteiger partial charge in [-0.15, -0.1) is 5.10 Å². The van der Waals surface area contributed by atoms with Gasteiger partial charge >= 0.3 is 0 Å². The van der Waals surface area contributed by atoms with E-state index < -0.39 is 0 Å². The van der Waals surface area contributed by atoms with Crippen LogP contribution in [0, 0.1) is 13.8 Å². The molecule has 0 radical (unpaired) electrons. The molecule has 3 aromatic rings. The van der Waals surface area contributed by atoms with Gasteiger partial charge in [0, 0.05) is 22.0 Å². The summed E-state index contributed by atoms with van der Waals surface area (Å²) in [7, 11) is 1.66. The molecule has 106 valence electrons. The van der Waals surface area contributed by atoms with E-state index in [-0.39, 0.29) is 0 Å². The van der Waals surface area contributed by atoms with Gasteiger partial charge in [-0.3, -0.25) is 0 Å². The van der Waals surface area contributed by atoms with Crippen LogP contribution in [0.4, 0.5) is 5.69 Å². The van der Waals surface area contributed by atoms with Gasteiger partial charge in [0.1, 0.15) is 11.4 Å². The molecule has 2 N–H and O–H groups in total. The third-order valence-corrected chi connectivity index (χ3v) is 3.63. The van der Waals surface area contributed by atoms with Gasteiger partial charge in [-0.25, -0.2) is 0 Å². The third kappa shape index (κ3) is 2.29. The van der Waals surface area contributed by atoms with E-state index in [0.717, 1.165) is 39.0 Å². The Hall–Kier alpha value is -2.62. The molecule has 0 bridgehead atoms. The maximum absolute atomic E-state index is 6.15. The van der Waals surface area contributed by atoms with Crippen LogP contribution in [0.2, 0.25) is 0 Å². The first-order valence-electron chi connectivity index (χ1n) is 6.77. The van der Waals surface area contributed by atoms with Crippen LogP contribution in [0.25, 0.3) is 22.0 Å². The molecular weight excluding hydrogens is 262 g/mol. The van der Waals surface area contributed by atoms with Crippen LogP contribution in [0.15, 0.2) is 36.4 Å². The molecule has 0 saturated carbocycles. The predicted molar refractivity (Wildman–Crippen MR) is 85.4 cm³/mol. The van der Waals surface area contributed by atoms with Crippen LogP contribution in [0.3, 0.4) is 0 Å². The quantitative estimate of drug-likeness (QED) is 0.729. The standard InChI is InChI=1S/C17H17N3O/c1-10-4-6-14(16(18)8-10)17-15-9-12(21-3)5-7-13(15)11(2)19-20-17/h4-9H,18H2,1-3H3. The minimum absolute atomic E-state index is 0.706. The summed E-state index contributed by atoms with van der Waals surface area (Å²) in [5, 5.41) is 10.7. The molecule has 0 aliphatic carbocycles. The molecule has 1 heterocycles. The Balaban J connectivity index is 2.34. The normalized spacial score (nSPS) is 10.8. The Morgan fingerprint density at radius 3 is 2.48 bits per heavy atom. The van der Waals surface area contributed by atoms with E-state index in [0.29, 0.717) is 5.69 Å². The smallest absolute Gasteiger partial charge is 0.119 e. The van der Waals surface area contributed by atoms with Crippen LogP contribution in [-0.4, -0.2) is 17.3 Å². The average molecular weight is 279 g/mol. The van der Waals surface area contributed by atoms with Crippen molar-refractivity contribution >= 4 is 16.5 Å². The van der Waals surface area contributed by atoms with Crippen LogP contribution >= 0.6 is 0 Å². The van der Waals surface area contributed by atoms with Gasteiger partial charge in [-0.1, -0.05) is 12.1 Å². The van der Waals surface area contributed by atoms with E-state index in [2.05, 4.69) is 10.2 Å². The van der Waals surface area contributed by atoms with Crippen molar-refractivity contribution in [2.75, 3.05) is 12.8 Å². The number of hydrogen-bond acceptors (Lipinski definition) is 4. The summed E-state index contributed by atoms with van der Waals surface area (Å²) < 4.78 is 5.32. The first-order chi connectivity index (χ1) is 10.1. The number of aromatic nitrogens is 2. The van der Waals surface area contributed by atoms with Crippen molar-refractivity contribution in [1.82, 2.24) is 10.2 Å². The molecule has 2 aromatic carbocycles. The van der Waals surface area contributed by atoms with Crippen molar-refractivity contribution < 1.29 is 4.74 Å². The Labute approximate surface area is 123 Å². The van der Waals surface area contributed by atoms with E-state index in [1.165, 1.54) is 0 Å². The number of nitrogens with two attached hydrogens (primary N) is 1. The Kier molecular flexibility index (Phi) is 3.22. The van der Waals surface area contributed by atoms with Crippen molar-refractivity contribution in [3.05, 3.63) is 47.7 Å². The van der Waals surface area contributed by atoms with E-state index in [1.54, 1.807) is 7.11 Å². The molecule has 0 saturated heterocycles. The molecule has 0 aliphatic heterocycles. The summed E-state index contributed by atoms with van der Waals surface area (Å²) in [4.78, 5) is 0. The van der Waals surface area contributed by atoms with Crippen LogP contribution in [0.5, 0.6) is 5.75 Å².